The van der Waals surface area contributed by atoms with Gasteiger partial charge in [-0.15, -0.1) is 0 Å². The van der Waals surface area contributed by atoms with E-state index in [-0.39, 0.29) is 19.4 Å². The molecule has 0 aromatic carbocycles. The lowest BCUT2D eigenvalue weighted by atomic mass is 9.99. The first kappa shape index (κ1) is 77.3. The number of carbonyl (C=O) groups is 2. The first-order chi connectivity index (χ1) is 40.7. The summed E-state index contributed by atoms with van der Waals surface area (Å²) in [5.41, 5.74) is 0. The van der Waals surface area contributed by atoms with Crippen molar-refractivity contribution in [3.63, 3.8) is 0 Å². The average Bonchev–Trinajstić information content (AvgIpc) is 3.62. The van der Waals surface area contributed by atoms with Gasteiger partial charge in [-0.2, -0.15) is 0 Å². The smallest absolute Gasteiger partial charge is 0.306 e. The minimum Gasteiger partial charge on any atom is -0.454 e. The van der Waals surface area contributed by atoms with Crippen molar-refractivity contribution in [2.24, 2.45) is 0 Å². The second kappa shape index (κ2) is 58.7. The molecule has 1 fully saturated rings. The van der Waals surface area contributed by atoms with Gasteiger partial charge < -0.3 is 45.1 Å². The minimum absolute atomic E-state index is 0.0934. The fraction of sp³-hybridized carbons (Fsp3) is 0.722. The van der Waals surface area contributed by atoms with Gasteiger partial charge in [0.25, 0.3) is 0 Å². The van der Waals surface area contributed by atoms with Crippen molar-refractivity contribution in [2.45, 2.75) is 320 Å². The van der Waals surface area contributed by atoms with Crippen LogP contribution in [0.1, 0.15) is 271 Å². The van der Waals surface area contributed by atoms with E-state index in [0.29, 0.717) is 12.8 Å². The van der Waals surface area contributed by atoms with Gasteiger partial charge in [0.05, 0.1) is 25.4 Å². The van der Waals surface area contributed by atoms with Gasteiger partial charge >= 0.3 is 5.97 Å². The Hall–Kier alpha value is -3.68. The molecule has 1 rings (SSSR count). The van der Waals surface area contributed by atoms with Crippen LogP contribution >= 0.6 is 0 Å². The molecule has 0 bridgehead atoms. The molecule has 83 heavy (non-hydrogen) atoms. The minimum atomic E-state index is -1.63. The number of allylic oxidation sites excluding steroid dienone is 17. The molecule has 11 nitrogen and oxygen atoms in total. The largest absolute Gasteiger partial charge is 0.454 e. The molecule has 1 saturated heterocycles. The Balaban J connectivity index is 2.60. The molecule has 8 atom stereocenters. The molecule has 11 heteroatoms. The Kier molecular flexibility index (Phi) is 54.7. The number of hydrogen-bond donors (Lipinski definition) is 6. The van der Waals surface area contributed by atoms with Gasteiger partial charge in [0, 0.05) is 6.42 Å². The van der Waals surface area contributed by atoms with Crippen molar-refractivity contribution in [2.75, 3.05) is 13.2 Å². The van der Waals surface area contributed by atoms with Crippen molar-refractivity contribution < 1.29 is 49.3 Å². The summed E-state index contributed by atoms with van der Waals surface area (Å²) < 4.78 is 17.6. The normalized spacial score (nSPS) is 19.3. The van der Waals surface area contributed by atoms with E-state index >= 15 is 0 Å². The van der Waals surface area contributed by atoms with Gasteiger partial charge in [-0.1, -0.05) is 265 Å². The highest BCUT2D eigenvalue weighted by atomic mass is 16.7. The first-order valence-electron chi connectivity index (χ1n) is 33.7. The Bertz CT molecular complexity index is 1770. The molecule has 1 aliphatic heterocycles. The third kappa shape index (κ3) is 46.2. The monoisotopic (exact) mass is 1160 g/mol. The third-order valence-electron chi connectivity index (χ3n) is 15.2. The van der Waals surface area contributed by atoms with Crippen LogP contribution in [0.25, 0.3) is 0 Å². The molecule has 0 saturated carbocycles. The standard InChI is InChI=1S/C72H123NO10/c1-4-7-10-13-16-19-22-24-26-28-29-30-31-32-33-34-35-36-38-39-41-44-47-50-53-56-59-65(76)71(80)73-63(64(75)58-55-52-49-46-43-21-18-15-12-9-6-3)62-81-72-70(69(79)68(78)66(61-74)82-72)83-67(77)60-57-54-51-48-45-42-40-37-27-25-23-20-17-14-11-8-5-2/h7,10,16-17,19-20,24-27,29-30,32-33,40,42,55,58,63-66,68-70,72,74-76,78-79H,4-6,8-9,11-15,18,21-23,28,31,34-39,41,43-54,56-57,59-62H2,1-3H3,(H,73,80)/b10-7-,19-16-,20-17-,26-24-,27-25-,30-29-,33-32-,42-40-,58-55+. The molecule has 1 aliphatic rings. The zero-order valence-electron chi connectivity index (χ0n) is 52.8. The lowest BCUT2D eigenvalue weighted by Crippen LogP contribution is -2.61. The second-order valence-electron chi connectivity index (χ2n) is 22.8. The number of rotatable bonds is 56. The topological polar surface area (TPSA) is 175 Å². The number of carbonyl (C=O) groups excluding carboxylic acids is 2. The summed E-state index contributed by atoms with van der Waals surface area (Å²) in [5.74, 6) is -1.22. The van der Waals surface area contributed by atoms with Crippen molar-refractivity contribution in [1.29, 1.82) is 0 Å². The summed E-state index contributed by atoms with van der Waals surface area (Å²) in [5, 5.41) is 57.1. The summed E-state index contributed by atoms with van der Waals surface area (Å²) in [7, 11) is 0. The lowest BCUT2D eigenvalue weighted by Gasteiger charge is -2.41. The van der Waals surface area contributed by atoms with E-state index in [1.54, 1.807) is 6.08 Å². The van der Waals surface area contributed by atoms with Crippen LogP contribution in [0.15, 0.2) is 109 Å². The van der Waals surface area contributed by atoms with Crippen LogP contribution in [0.3, 0.4) is 0 Å². The number of ether oxygens (including phenoxy) is 3. The molecule has 0 aromatic rings. The molecule has 0 spiro atoms. The number of aliphatic hydroxyl groups excluding tert-OH is 5. The molecule has 0 radical (unpaired) electrons. The van der Waals surface area contributed by atoms with E-state index in [4.69, 9.17) is 14.2 Å². The van der Waals surface area contributed by atoms with Gasteiger partial charge in [-0.25, -0.2) is 0 Å². The second-order valence-corrected chi connectivity index (χ2v) is 22.8. The molecule has 0 aromatic heterocycles. The zero-order chi connectivity index (χ0) is 60.3. The SMILES string of the molecule is CC/C=C\C/C=C\C/C=C\C/C=C\C/C=C\CCCCCCCCCCCCC(O)C(=O)NC(COC1OC(CO)C(O)C(O)C1OC(=O)CCCCCC/C=C\C/C=C\C/C=C\CCCCC)C(O)/C=C/CCCCCCCCCCC. The number of aliphatic hydroxyl groups is 5. The Morgan fingerprint density at radius 2 is 0.867 bits per heavy atom. The van der Waals surface area contributed by atoms with Crippen LogP contribution in [0, 0.1) is 0 Å². The fourth-order valence-electron chi connectivity index (χ4n) is 9.86. The number of unbranched alkanes of at least 4 members (excludes halogenated alkanes) is 26. The summed E-state index contributed by atoms with van der Waals surface area (Å²) in [6.45, 7) is 5.63. The number of hydrogen-bond acceptors (Lipinski definition) is 10. The van der Waals surface area contributed by atoms with Crippen LogP contribution in [-0.4, -0.2) is 99.6 Å². The van der Waals surface area contributed by atoms with Crippen LogP contribution in [-0.2, 0) is 23.8 Å². The van der Waals surface area contributed by atoms with E-state index in [1.807, 2.05) is 6.08 Å². The predicted octanol–water partition coefficient (Wildman–Crippen LogP) is 16.8. The summed E-state index contributed by atoms with van der Waals surface area (Å²) in [6, 6.07) is -1.04. The number of amides is 1. The number of esters is 1. The van der Waals surface area contributed by atoms with Crippen LogP contribution in [0.5, 0.6) is 0 Å². The van der Waals surface area contributed by atoms with Gasteiger partial charge in [0.15, 0.2) is 12.4 Å². The summed E-state index contributed by atoms with van der Waals surface area (Å²) in [4.78, 5) is 26.6. The van der Waals surface area contributed by atoms with E-state index in [0.717, 1.165) is 128 Å². The van der Waals surface area contributed by atoms with E-state index in [2.05, 4.69) is 123 Å². The maximum absolute atomic E-state index is 13.5. The van der Waals surface area contributed by atoms with E-state index in [1.165, 1.54) is 96.3 Å². The third-order valence-corrected chi connectivity index (χ3v) is 15.2. The van der Waals surface area contributed by atoms with Gasteiger partial charge in [0.2, 0.25) is 5.91 Å². The van der Waals surface area contributed by atoms with Crippen molar-refractivity contribution in [3.05, 3.63) is 109 Å². The maximum atomic E-state index is 13.5. The Morgan fingerprint density at radius 3 is 1.33 bits per heavy atom. The predicted molar refractivity (Wildman–Crippen MR) is 347 cm³/mol. The highest BCUT2D eigenvalue weighted by Crippen LogP contribution is 2.26. The lowest BCUT2D eigenvalue weighted by molar-refractivity contribution is -0.305. The van der Waals surface area contributed by atoms with Crippen LogP contribution in [0.2, 0.25) is 0 Å². The van der Waals surface area contributed by atoms with Crippen LogP contribution in [0.4, 0.5) is 0 Å². The van der Waals surface area contributed by atoms with Crippen molar-refractivity contribution >= 4 is 11.9 Å². The average molecular weight is 1160 g/mol. The van der Waals surface area contributed by atoms with Crippen molar-refractivity contribution in [1.82, 2.24) is 5.32 Å². The van der Waals surface area contributed by atoms with Gasteiger partial charge in [0.1, 0.15) is 24.4 Å². The Labute approximate surface area is 507 Å². The van der Waals surface area contributed by atoms with E-state index < -0.39 is 67.4 Å². The molecule has 0 aliphatic carbocycles. The molecule has 1 amide bonds. The first-order valence-corrected chi connectivity index (χ1v) is 33.7. The number of nitrogens with one attached hydrogen (secondary N) is 1. The van der Waals surface area contributed by atoms with Crippen molar-refractivity contribution in [3.8, 4) is 0 Å². The quantitative estimate of drug-likeness (QED) is 0.0195. The summed E-state index contributed by atoms with van der Waals surface area (Å²) in [6.07, 6.45) is 69.8. The fourth-order valence-corrected chi connectivity index (χ4v) is 9.86. The molecule has 8 unspecified atom stereocenters. The highest BCUT2D eigenvalue weighted by Gasteiger charge is 2.47. The van der Waals surface area contributed by atoms with Crippen LogP contribution < -0.4 is 5.32 Å². The summed E-state index contributed by atoms with van der Waals surface area (Å²) >= 11 is 0. The zero-order valence-corrected chi connectivity index (χ0v) is 52.8. The molecule has 476 valence electrons. The van der Waals surface area contributed by atoms with Gasteiger partial charge in [-0.3, -0.25) is 9.59 Å². The highest BCUT2D eigenvalue weighted by molar-refractivity contribution is 5.80. The Morgan fingerprint density at radius 1 is 0.482 bits per heavy atom. The molecule has 1 heterocycles. The van der Waals surface area contributed by atoms with Gasteiger partial charge in [-0.05, 0) is 109 Å². The molecular formula is C72H123NO10. The van der Waals surface area contributed by atoms with E-state index in [9.17, 15) is 35.1 Å². The molecule has 6 N–H and O–H groups in total. The maximum Gasteiger partial charge on any atom is 0.306 e. The molecular weight excluding hydrogens is 1040 g/mol.